The number of piperidine rings is 1. The Kier molecular flexibility index (Phi) is 3.76. The lowest BCUT2D eigenvalue weighted by atomic mass is 9.97. The number of carbonyl (C=O) groups excluding carboxylic acids is 1. The second-order valence-corrected chi connectivity index (χ2v) is 6.14. The summed E-state index contributed by atoms with van der Waals surface area (Å²) < 4.78 is 5.39. The van der Waals surface area contributed by atoms with Crippen molar-refractivity contribution in [3.05, 3.63) is 23.8 Å². The molecule has 1 amide bonds. The van der Waals surface area contributed by atoms with E-state index in [1.807, 2.05) is 0 Å². The highest BCUT2D eigenvalue weighted by Crippen LogP contribution is 2.36. The number of primary amides is 1. The largest absolute Gasteiger partial charge is 0.495 e. The number of nitrogens with one attached hydrogen (secondary N) is 1. The van der Waals surface area contributed by atoms with E-state index >= 15 is 0 Å². The summed E-state index contributed by atoms with van der Waals surface area (Å²) in [6.45, 7) is 0. The highest BCUT2D eigenvalue weighted by atomic mass is 16.5. The van der Waals surface area contributed by atoms with Crippen LogP contribution in [0.15, 0.2) is 18.2 Å². The number of nitrogens with two attached hydrogens (primary N) is 1. The molecule has 2 saturated heterocycles. The quantitative estimate of drug-likeness (QED) is 0.887. The third kappa shape index (κ3) is 2.70. The minimum atomic E-state index is -0.413. The van der Waals surface area contributed by atoms with E-state index in [0.717, 1.165) is 24.3 Å². The van der Waals surface area contributed by atoms with E-state index in [4.69, 9.17) is 10.5 Å². The van der Waals surface area contributed by atoms with Gasteiger partial charge in [0.05, 0.1) is 12.8 Å². The Balaban J connectivity index is 1.78. The van der Waals surface area contributed by atoms with Crippen LogP contribution >= 0.6 is 0 Å². The van der Waals surface area contributed by atoms with Gasteiger partial charge in [0.25, 0.3) is 0 Å². The normalized spacial score (nSPS) is 28.4. The van der Waals surface area contributed by atoms with Gasteiger partial charge >= 0.3 is 0 Å². The molecule has 0 spiro atoms. The molecule has 2 aliphatic heterocycles. The van der Waals surface area contributed by atoms with Crippen LogP contribution in [0.25, 0.3) is 0 Å². The highest BCUT2D eigenvalue weighted by Gasteiger charge is 2.38. The number of fused-ring (bicyclic) bond motifs is 2. The Morgan fingerprint density at radius 2 is 2.00 bits per heavy atom. The van der Waals surface area contributed by atoms with Crippen LogP contribution < -0.4 is 15.8 Å². The van der Waals surface area contributed by atoms with Gasteiger partial charge in [0.15, 0.2) is 0 Å². The van der Waals surface area contributed by atoms with E-state index in [-0.39, 0.29) is 0 Å². The van der Waals surface area contributed by atoms with Crippen LogP contribution in [0.3, 0.4) is 0 Å². The summed E-state index contributed by atoms with van der Waals surface area (Å²) in [6, 6.07) is 7.06. The van der Waals surface area contributed by atoms with Crippen LogP contribution in [0.4, 0.5) is 5.69 Å². The number of hydrogen-bond donors (Lipinski definition) is 2. The van der Waals surface area contributed by atoms with Gasteiger partial charge in [-0.1, -0.05) is 0 Å². The Labute approximate surface area is 125 Å². The Morgan fingerprint density at radius 1 is 1.33 bits per heavy atom. The van der Waals surface area contributed by atoms with Crippen molar-refractivity contribution in [2.24, 2.45) is 5.73 Å². The second kappa shape index (κ2) is 5.56. The lowest BCUT2D eigenvalue weighted by Crippen LogP contribution is -2.44. The van der Waals surface area contributed by atoms with E-state index in [9.17, 15) is 4.79 Å². The molecule has 21 heavy (non-hydrogen) atoms. The lowest BCUT2D eigenvalue weighted by molar-refractivity contribution is 0.100. The first-order valence-corrected chi connectivity index (χ1v) is 7.54. The number of amides is 1. The summed E-state index contributed by atoms with van der Waals surface area (Å²) in [5.41, 5.74) is 6.74. The minimum Gasteiger partial charge on any atom is -0.495 e. The van der Waals surface area contributed by atoms with Gasteiger partial charge in [0.2, 0.25) is 5.91 Å². The Morgan fingerprint density at radius 3 is 2.57 bits per heavy atom. The van der Waals surface area contributed by atoms with Crippen LogP contribution in [0.5, 0.6) is 5.75 Å². The van der Waals surface area contributed by atoms with E-state index < -0.39 is 5.91 Å². The molecule has 0 aliphatic carbocycles. The first kappa shape index (κ1) is 14.2. The van der Waals surface area contributed by atoms with Crippen molar-refractivity contribution in [2.45, 2.75) is 43.8 Å². The summed E-state index contributed by atoms with van der Waals surface area (Å²) in [7, 11) is 3.87. The number of hydrogen-bond acceptors (Lipinski definition) is 4. The smallest absolute Gasteiger partial charge is 0.248 e. The number of nitrogens with zero attached hydrogens (tertiary/aromatic N) is 1. The van der Waals surface area contributed by atoms with Crippen molar-refractivity contribution < 1.29 is 9.53 Å². The molecular formula is C16H23N3O2. The number of rotatable bonds is 4. The third-order valence-electron chi connectivity index (χ3n) is 4.94. The van der Waals surface area contributed by atoms with Gasteiger partial charge in [-0.15, -0.1) is 0 Å². The van der Waals surface area contributed by atoms with Crippen LogP contribution in [-0.4, -0.2) is 43.1 Å². The Hall–Kier alpha value is -1.75. The zero-order chi connectivity index (χ0) is 15.0. The molecule has 2 bridgehead atoms. The maximum absolute atomic E-state index is 11.3. The van der Waals surface area contributed by atoms with Crippen molar-refractivity contribution in [3.63, 3.8) is 0 Å². The van der Waals surface area contributed by atoms with Gasteiger partial charge in [-0.25, -0.2) is 0 Å². The molecule has 2 heterocycles. The van der Waals surface area contributed by atoms with E-state index in [1.165, 1.54) is 12.8 Å². The molecule has 0 saturated carbocycles. The predicted molar refractivity (Wildman–Crippen MR) is 82.7 cm³/mol. The first-order valence-electron chi connectivity index (χ1n) is 7.54. The molecule has 3 N–H and O–H groups in total. The standard InChI is InChI=1S/C16H23N3O2/c1-19-12-4-5-13(19)9-11(8-12)18-14-7-10(16(17)20)3-6-15(14)21-2/h3,6-7,11-13,18H,4-5,8-9H2,1-2H3,(H2,17,20). The molecule has 5 nitrogen and oxygen atoms in total. The van der Waals surface area contributed by atoms with E-state index in [2.05, 4.69) is 17.3 Å². The average Bonchev–Trinajstić information content (AvgIpc) is 2.69. The van der Waals surface area contributed by atoms with Gasteiger partial charge < -0.3 is 20.7 Å². The van der Waals surface area contributed by atoms with Crippen molar-refractivity contribution >= 4 is 11.6 Å². The zero-order valence-electron chi connectivity index (χ0n) is 12.6. The molecule has 3 rings (SSSR count). The number of carbonyl (C=O) groups is 1. The molecular weight excluding hydrogens is 266 g/mol. The van der Waals surface area contributed by atoms with Gasteiger partial charge in [-0.05, 0) is 50.9 Å². The maximum atomic E-state index is 11.3. The number of methoxy groups -OCH3 is 1. The van der Waals surface area contributed by atoms with Gasteiger partial charge in [0.1, 0.15) is 5.75 Å². The van der Waals surface area contributed by atoms with Crippen LogP contribution in [0.1, 0.15) is 36.0 Å². The average molecular weight is 289 g/mol. The van der Waals surface area contributed by atoms with Crippen molar-refractivity contribution in [2.75, 3.05) is 19.5 Å². The van der Waals surface area contributed by atoms with Gasteiger partial charge in [0, 0.05) is 23.7 Å². The molecule has 114 valence electrons. The molecule has 2 atom stereocenters. The number of anilines is 1. The maximum Gasteiger partial charge on any atom is 0.248 e. The van der Waals surface area contributed by atoms with Crippen LogP contribution in [0.2, 0.25) is 0 Å². The summed E-state index contributed by atoms with van der Waals surface area (Å²) in [6.07, 6.45) is 4.85. The highest BCUT2D eigenvalue weighted by molar-refractivity contribution is 5.94. The summed E-state index contributed by atoms with van der Waals surface area (Å²) >= 11 is 0. The molecule has 0 radical (unpaired) electrons. The monoisotopic (exact) mass is 289 g/mol. The Bertz CT molecular complexity index is 532. The summed E-state index contributed by atoms with van der Waals surface area (Å²) in [5.74, 6) is 0.343. The number of benzene rings is 1. The fraction of sp³-hybridized carbons (Fsp3) is 0.562. The second-order valence-electron chi connectivity index (χ2n) is 6.14. The minimum absolute atomic E-state index is 0.413. The zero-order valence-corrected chi connectivity index (χ0v) is 12.6. The van der Waals surface area contributed by atoms with Gasteiger partial charge in [-0.3, -0.25) is 4.79 Å². The van der Waals surface area contributed by atoms with Crippen molar-refractivity contribution in [3.8, 4) is 5.75 Å². The fourth-order valence-corrected chi connectivity index (χ4v) is 3.72. The SMILES string of the molecule is COc1ccc(C(N)=O)cc1NC1CC2CCC(C1)N2C. The number of ether oxygens (including phenoxy) is 1. The lowest BCUT2D eigenvalue weighted by Gasteiger charge is -2.37. The molecule has 2 unspecified atom stereocenters. The molecule has 1 aromatic rings. The van der Waals surface area contributed by atoms with Crippen molar-refractivity contribution in [1.82, 2.24) is 4.90 Å². The van der Waals surface area contributed by atoms with Crippen LogP contribution in [-0.2, 0) is 0 Å². The first-order chi connectivity index (χ1) is 10.1. The molecule has 5 heteroatoms. The topological polar surface area (TPSA) is 67.6 Å². The molecule has 2 aliphatic rings. The summed E-state index contributed by atoms with van der Waals surface area (Å²) in [5, 5.41) is 3.56. The predicted octanol–water partition coefficient (Wildman–Crippen LogP) is 1.83. The van der Waals surface area contributed by atoms with Crippen LogP contribution in [0, 0.1) is 0 Å². The molecule has 1 aromatic carbocycles. The molecule has 0 aromatic heterocycles. The van der Waals surface area contributed by atoms with E-state index in [1.54, 1.807) is 25.3 Å². The summed E-state index contributed by atoms with van der Waals surface area (Å²) in [4.78, 5) is 13.9. The fourth-order valence-electron chi connectivity index (χ4n) is 3.72. The third-order valence-corrected chi connectivity index (χ3v) is 4.94. The molecule has 2 fully saturated rings. The van der Waals surface area contributed by atoms with E-state index in [0.29, 0.717) is 23.7 Å². The van der Waals surface area contributed by atoms with Crippen molar-refractivity contribution in [1.29, 1.82) is 0 Å². The van der Waals surface area contributed by atoms with Gasteiger partial charge in [-0.2, -0.15) is 0 Å².